The maximum atomic E-state index is 9.49. The van der Waals surface area contributed by atoms with Crippen molar-refractivity contribution in [1.82, 2.24) is 4.90 Å². The van der Waals surface area contributed by atoms with Crippen LogP contribution in [0.4, 0.5) is 0 Å². The van der Waals surface area contributed by atoms with E-state index in [1.165, 1.54) is 36.8 Å². The van der Waals surface area contributed by atoms with E-state index >= 15 is 0 Å². The third-order valence-electron chi connectivity index (χ3n) is 4.87. The lowest BCUT2D eigenvalue weighted by molar-refractivity contribution is 0.127. The molecule has 1 fully saturated rings. The number of hydrogen-bond donors (Lipinski definition) is 1. The van der Waals surface area contributed by atoms with Gasteiger partial charge in [0.2, 0.25) is 0 Å². The molecule has 2 heteroatoms. The second-order valence-electron chi connectivity index (χ2n) is 5.92. The SMILES string of the molecule is C=C(c1ccccc1C)N(CCO)C1(CC)CCCC1. The molecule has 1 aliphatic carbocycles. The summed E-state index contributed by atoms with van der Waals surface area (Å²) in [6, 6.07) is 8.40. The molecule has 1 N–H and O–H groups in total. The zero-order valence-electron chi connectivity index (χ0n) is 12.9. The molecule has 0 saturated heterocycles. The van der Waals surface area contributed by atoms with E-state index in [2.05, 4.69) is 49.6 Å². The van der Waals surface area contributed by atoms with Crippen LogP contribution in [0.3, 0.4) is 0 Å². The van der Waals surface area contributed by atoms with Gasteiger partial charge in [0, 0.05) is 23.3 Å². The van der Waals surface area contributed by atoms with Crippen molar-refractivity contribution >= 4 is 5.70 Å². The van der Waals surface area contributed by atoms with Crippen LogP contribution in [0.15, 0.2) is 30.8 Å². The standard InChI is InChI=1S/C18H27NO/c1-4-18(11-7-8-12-18)19(13-14-20)16(3)17-10-6-5-9-15(17)2/h5-6,9-10,20H,3-4,7-8,11-14H2,1-2H3. The molecule has 0 amide bonds. The number of rotatable bonds is 6. The Hall–Kier alpha value is -1.28. The summed E-state index contributed by atoms with van der Waals surface area (Å²) in [5.74, 6) is 0. The van der Waals surface area contributed by atoms with Crippen molar-refractivity contribution in [3.8, 4) is 0 Å². The molecule has 1 aliphatic rings. The fourth-order valence-corrected chi connectivity index (χ4v) is 3.65. The van der Waals surface area contributed by atoms with Crippen LogP contribution in [0.2, 0.25) is 0 Å². The van der Waals surface area contributed by atoms with Crippen LogP contribution in [-0.2, 0) is 0 Å². The highest BCUT2D eigenvalue weighted by molar-refractivity contribution is 5.65. The molecule has 2 nitrogen and oxygen atoms in total. The topological polar surface area (TPSA) is 23.5 Å². The van der Waals surface area contributed by atoms with E-state index in [0.717, 1.165) is 12.1 Å². The number of hydrogen-bond acceptors (Lipinski definition) is 2. The molecule has 0 bridgehead atoms. The van der Waals surface area contributed by atoms with E-state index in [-0.39, 0.29) is 12.1 Å². The Labute approximate surface area is 123 Å². The van der Waals surface area contributed by atoms with Crippen molar-refractivity contribution in [2.24, 2.45) is 0 Å². The van der Waals surface area contributed by atoms with Crippen LogP contribution < -0.4 is 0 Å². The van der Waals surface area contributed by atoms with Crippen molar-refractivity contribution in [3.63, 3.8) is 0 Å². The second kappa shape index (κ2) is 6.45. The summed E-state index contributed by atoms with van der Waals surface area (Å²) >= 11 is 0. The molecular weight excluding hydrogens is 246 g/mol. The third kappa shape index (κ3) is 2.76. The predicted molar refractivity (Wildman–Crippen MR) is 85.5 cm³/mol. The molecule has 0 heterocycles. The lowest BCUT2D eigenvalue weighted by Crippen LogP contribution is -2.46. The molecular formula is C18H27NO. The van der Waals surface area contributed by atoms with E-state index in [1.54, 1.807) is 0 Å². The first-order valence-electron chi connectivity index (χ1n) is 7.78. The third-order valence-corrected chi connectivity index (χ3v) is 4.87. The minimum Gasteiger partial charge on any atom is -0.395 e. The highest BCUT2D eigenvalue weighted by Gasteiger charge is 2.38. The number of nitrogens with zero attached hydrogens (tertiary/aromatic N) is 1. The van der Waals surface area contributed by atoms with Gasteiger partial charge in [0.25, 0.3) is 0 Å². The van der Waals surface area contributed by atoms with Gasteiger partial charge < -0.3 is 10.0 Å². The Morgan fingerprint density at radius 2 is 1.95 bits per heavy atom. The minimum absolute atomic E-state index is 0.187. The van der Waals surface area contributed by atoms with Gasteiger partial charge in [-0.2, -0.15) is 0 Å². The summed E-state index contributed by atoms with van der Waals surface area (Å²) in [5.41, 5.74) is 3.73. The molecule has 1 aromatic carbocycles. The summed E-state index contributed by atoms with van der Waals surface area (Å²) in [6.45, 7) is 9.62. The van der Waals surface area contributed by atoms with Gasteiger partial charge in [-0.05, 0) is 31.7 Å². The zero-order chi connectivity index (χ0) is 14.6. The first-order chi connectivity index (χ1) is 9.64. The molecule has 2 rings (SSSR count). The zero-order valence-corrected chi connectivity index (χ0v) is 12.9. The van der Waals surface area contributed by atoms with E-state index < -0.39 is 0 Å². The van der Waals surface area contributed by atoms with Crippen molar-refractivity contribution in [1.29, 1.82) is 0 Å². The average Bonchev–Trinajstić information content (AvgIpc) is 2.94. The van der Waals surface area contributed by atoms with Gasteiger partial charge in [0.15, 0.2) is 0 Å². The van der Waals surface area contributed by atoms with E-state index in [4.69, 9.17) is 0 Å². The quantitative estimate of drug-likeness (QED) is 0.847. The summed E-state index contributed by atoms with van der Waals surface area (Å²) in [4.78, 5) is 2.38. The van der Waals surface area contributed by atoms with E-state index in [0.29, 0.717) is 6.54 Å². The van der Waals surface area contributed by atoms with Gasteiger partial charge in [-0.3, -0.25) is 0 Å². The van der Waals surface area contributed by atoms with Crippen molar-refractivity contribution in [3.05, 3.63) is 42.0 Å². The lowest BCUT2D eigenvalue weighted by atomic mass is 9.89. The van der Waals surface area contributed by atoms with Gasteiger partial charge in [0.05, 0.1) is 6.61 Å². The van der Waals surface area contributed by atoms with Gasteiger partial charge in [-0.15, -0.1) is 0 Å². The van der Waals surface area contributed by atoms with Crippen molar-refractivity contribution in [2.45, 2.75) is 51.5 Å². The first kappa shape index (κ1) is 15.1. The van der Waals surface area contributed by atoms with Crippen LogP contribution in [0.5, 0.6) is 0 Å². The monoisotopic (exact) mass is 273 g/mol. The highest BCUT2D eigenvalue weighted by Crippen LogP contribution is 2.41. The summed E-state index contributed by atoms with van der Waals surface area (Å²) in [6.07, 6.45) is 6.13. The van der Waals surface area contributed by atoms with Gasteiger partial charge in [-0.25, -0.2) is 0 Å². The minimum atomic E-state index is 0.187. The van der Waals surface area contributed by atoms with E-state index in [1.807, 2.05) is 0 Å². The van der Waals surface area contributed by atoms with Crippen LogP contribution in [-0.4, -0.2) is 28.7 Å². The Morgan fingerprint density at radius 1 is 1.30 bits per heavy atom. The summed E-state index contributed by atoms with van der Waals surface area (Å²) < 4.78 is 0. The molecule has 20 heavy (non-hydrogen) atoms. The highest BCUT2D eigenvalue weighted by atomic mass is 16.3. The molecule has 0 radical (unpaired) electrons. The Bertz CT molecular complexity index is 460. The Balaban J connectivity index is 2.33. The maximum Gasteiger partial charge on any atom is 0.0606 e. The van der Waals surface area contributed by atoms with E-state index in [9.17, 15) is 5.11 Å². The molecule has 0 aromatic heterocycles. The first-order valence-corrected chi connectivity index (χ1v) is 7.78. The summed E-state index contributed by atoms with van der Waals surface area (Å²) in [5, 5.41) is 9.49. The molecule has 1 aromatic rings. The average molecular weight is 273 g/mol. The number of aliphatic hydroxyl groups excluding tert-OH is 1. The number of aliphatic hydroxyl groups is 1. The second-order valence-corrected chi connectivity index (χ2v) is 5.92. The fourth-order valence-electron chi connectivity index (χ4n) is 3.65. The summed E-state index contributed by atoms with van der Waals surface area (Å²) in [7, 11) is 0. The van der Waals surface area contributed by atoms with Gasteiger partial charge >= 0.3 is 0 Å². The van der Waals surface area contributed by atoms with Crippen LogP contribution in [0.1, 0.15) is 50.2 Å². The van der Waals surface area contributed by atoms with Crippen molar-refractivity contribution < 1.29 is 5.11 Å². The van der Waals surface area contributed by atoms with Gasteiger partial charge in [-0.1, -0.05) is 50.6 Å². The van der Waals surface area contributed by atoms with Crippen molar-refractivity contribution in [2.75, 3.05) is 13.2 Å². The molecule has 0 aliphatic heterocycles. The lowest BCUT2D eigenvalue weighted by Gasteiger charge is -2.44. The molecule has 0 unspecified atom stereocenters. The number of benzene rings is 1. The number of β-amino-alcohol motifs (C(OH)–C–C–N with tert-alkyl or cyclic N) is 1. The van der Waals surface area contributed by atoms with Gasteiger partial charge in [0.1, 0.15) is 0 Å². The fraction of sp³-hybridized carbons (Fsp3) is 0.556. The number of aryl methyl sites for hydroxylation is 1. The largest absolute Gasteiger partial charge is 0.395 e. The maximum absolute atomic E-state index is 9.49. The smallest absolute Gasteiger partial charge is 0.0606 e. The predicted octanol–water partition coefficient (Wildman–Crippen LogP) is 3.98. The molecule has 0 atom stereocenters. The molecule has 0 spiro atoms. The van der Waals surface area contributed by atoms with Crippen LogP contribution in [0, 0.1) is 6.92 Å². The molecule has 110 valence electrons. The Kier molecular flexibility index (Phi) is 4.87. The Morgan fingerprint density at radius 3 is 2.50 bits per heavy atom. The normalized spacial score (nSPS) is 17.1. The van der Waals surface area contributed by atoms with Crippen LogP contribution in [0.25, 0.3) is 5.70 Å². The van der Waals surface area contributed by atoms with Crippen LogP contribution >= 0.6 is 0 Å². The molecule has 1 saturated carbocycles.